The van der Waals surface area contributed by atoms with Gasteiger partial charge in [-0.1, -0.05) is 16.8 Å². The van der Waals surface area contributed by atoms with E-state index in [0.717, 1.165) is 6.07 Å². The fourth-order valence-electron chi connectivity index (χ4n) is 2.70. The standard InChI is InChI=1S/C16H15ClF3N3O2/c17-11-7-10(1-2-12(11)18)15(24)21-8-13-22-14(23-25-13)9-3-5-16(19,20)6-4-9/h1-2,7,9H,3-6,8H2,(H,21,24). The van der Waals surface area contributed by atoms with Crippen molar-refractivity contribution in [1.82, 2.24) is 15.5 Å². The predicted molar refractivity (Wildman–Crippen MR) is 83.0 cm³/mol. The average Bonchev–Trinajstić information content (AvgIpc) is 3.04. The third kappa shape index (κ3) is 4.31. The van der Waals surface area contributed by atoms with Crippen LogP contribution in [-0.4, -0.2) is 22.0 Å². The number of hydrogen-bond acceptors (Lipinski definition) is 4. The second-order valence-corrected chi connectivity index (χ2v) is 6.40. The van der Waals surface area contributed by atoms with Crippen LogP contribution in [0.5, 0.6) is 0 Å². The molecule has 1 fully saturated rings. The lowest BCUT2D eigenvalue weighted by atomic mass is 9.86. The van der Waals surface area contributed by atoms with Gasteiger partial charge in [0.05, 0.1) is 11.6 Å². The van der Waals surface area contributed by atoms with Crippen molar-refractivity contribution in [2.24, 2.45) is 0 Å². The molecule has 134 valence electrons. The highest BCUT2D eigenvalue weighted by Crippen LogP contribution is 2.39. The number of nitrogens with zero attached hydrogens (tertiary/aromatic N) is 2. The zero-order chi connectivity index (χ0) is 18.0. The molecule has 1 heterocycles. The van der Waals surface area contributed by atoms with E-state index in [1.165, 1.54) is 12.1 Å². The van der Waals surface area contributed by atoms with Gasteiger partial charge in [-0.25, -0.2) is 13.2 Å². The molecule has 0 spiro atoms. The minimum absolute atomic E-state index is 0.0241. The van der Waals surface area contributed by atoms with Crippen molar-refractivity contribution in [2.75, 3.05) is 0 Å². The van der Waals surface area contributed by atoms with E-state index in [1.807, 2.05) is 0 Å². The minimum Gasteiger partial charge on any atom is -0.343 e. The third-order valence-electron chi connectivity index (χ3n) is 4.15. The summed E-state index contributed by atoms with van der Waals surface area (Å²) in [5, 5.41) is 6.21. The van der Waals surface area contributed by atoms with Crippen molar-refractivity contribution in [3.05, 3.63) is 46.3 Å². The summed E-state index contributed by atoms with van der Waals surface area (Å²) in [4.78, 5) is 16.2. The Bertz CT molecular complexity index is 772. The summed E-state index contributed by atoms with van der Waals surface area (Å²) >= 11 is 5.64. The van der Waals surface area contributed by atoms with Crippen LogP contribution in [0, 0.1) is 5.82 Å². The van der Waals surface area contributed by atoms with Gasteiger partial charge in [0.2, 0.25) is 11.8 Å². The molecule has 2 aromatic rings. The van der Waals surface area contributed by atoms with Crippen LogP contribution in [0.15, 0.2) is 22.7 Å². The molecule has 1 N–H and O–H groups in total. The Morgan fingerprint density at radius 2 is 2.08 bits per heavy atom. The first-order valence-corrected chi connectivity index (χ1v) is 8.15. The maximum absolute atomic E-state index is 13.2. The first kappa shape index (κ1) is 17.7. The number of benzene rings is 1. The largest absolute Gasteiger partial charge is 0.343 e. The first-order valence-electron chi connectivity index (χ1n) is 7.77. The van der Waals surface area contributed by atoms with E-state index in [2.05, 4.69) is 15.5 Å². The fourth-order valence-corrected chi connectivity index (χ4v) is 2.88. The SMILES string of the molecule is O=C(NCc1nc(C2CCC(F)(F)CC2)no1)c1ccc(F)c(Cl)c1. The van der Waals surface area contributed by atoms with Crippen molar-refractivity contribution in [3.63, 3.8) is 0 Å². The molecule has 1 aliphatic rings. The summed E-state index contributed by atoms with van der Waals surface area (Å²) in [6, 6.07) is 3.62. The van der Waals surface area contributed by atoms with Gasteiger partial charge in [-0.05, 0) is 31.0 Å². The molecule has 1 amide bonds. The van der Waals surface area contributed by atoms with E-state index in [9.17, 15) is 18.0 Å². The molecule has 1 aliphatic carbocycles. The number of halogens is 4. The van der Waals surface area contributed by atoms with Gasteiger partial charge >= 0.3 is 0 Å². The second-order valence-electron chi connectivity index (χ2n) is 5.99. The number of alkyl halides is 2. The number of carbonyl (C=O) groups excluding carboxylic acids is 1. The van der Waals surface area contributed by atoms with Crippen molar-refractivity contribution in [1.29, 1.82) is 0 Å². The first-order chi connectivity index (χ1) is 11.8. The smallest absolute Gasteiger partial charge is 0.251 e. The lowest BCUT2D eigenvalue weighted by Gasteiger charge is -2.26. The van der Waals surface area contributed by atoms with Crippen molar-refractivity contribution < 1.29 is 22.5 Å². The number of aromatic nitrogens is 2. The van der Waals surface area contributed by atoms with Gasteiger partial charge in [-0.3, -0.25) is 4.79 Å². The van der Waals surface area contributed by atoms with E-state index < -0.39 is 17.6 Å². The number of carbonyl (C=O) groups is 1. The number of hydrogen-bond donors (Lipinski definition) is 1. The maximum Gasteiger partial charge on any atom is 0.251 e. The molecule has 3 rings (SSSR count). The Kier molecular flexibility index (Phi) is 4.99. The highest BCUT2D eigenvalue weighted by atomic mass is 35.5. The summed E-state index contributed by atoms with van der Waals surface area (Å²) in [7, 11) is 0. The summed E-state index contributed by atoms with van der Waals surface area (Å²) in [6.45, 7) is -0.0241. The Labute approximate surface area is 146 Å². The summed E-state index contributed by atoms with van der Waals surface area (Å²) in [5.74, 6) is -3.31. The summed E-state index contributed by atoms with van der Waals surface area (Å²) < 4.78 is 44.5. The molecule has 1 aromatic heterocycles. The van der Waals surface area contributed by atoms with Gasteiger partial charge in [0.15, 0.2) is 5.82 Å². The fraction of sp³-hybridized carbons (Fsp3) is 0.438. The van der Waals surface area contributed by atoms with Crippen molar-refractivity contribution >= 4 is 17.5 Å². The molecule has 1 aromatic carbocycles. The van der Waals surface area contributed by atoms with Crippen LogP contribution in [0.4, 0.5) is 13.2 Å². The maximum atomic E-state index is 13.2. The molecule has 0 unspecified atom stereocenters. The van der Waals surface area contributed by atoms with Gasteiger partial charge in [0.1, 0.15) is 5.82 Å². The van der Waals surface area contributed by atoms with Crippen LogP contribution in [0.2, 0.25) is 5.02 Å². The van der Waals surface area contributed by atoms with E-state index >= 15 is 0 Å². The summed E-state index contributed by atoms with van der Waals surface area (Å²) in [6.07, 6.45) is 0.214. The molecular formula is C16H15ClF3N3O2. The van der Waals surface area contributed by atoms with Gasteiger partial charge < -0.3 is 9.84 Å². The molecule has 0 atom stereocenters. The molecule has 25 heavy (non-hydrogen) atoms. The molecule has 1 saturated carbocycles. The van der Waals surface area contributed by atoms with Gasteiger partial charge in [-0.2, -0.15) is 4.98 Å². The van der Waals surface area contributed by atoms with Crippen LogP contribution < -0.4 is 5.32 Å². The zero-order valence-electron chi connectivity index (χ0n) is 13.1. The van der Waals surface area contributed by atoms with Gasteiger partial charge in [0, 0.05) is 24.3 Å². The Hall–Kier alpha value is -2.09. The molecule has 0 saturated heterocycles. The highest BCUT2D eigenvalue weighted by Gasteiger charge is 2.36. The van der Waals surface area contributed by atoms with Crippen LogP contribution in [0.25, 0.3) is 0 Å². The lowest BCUT2D eigenvalue weighted by Crippen LogP contribution is -2.24. The number of amides is 1. The minimum atomic E-state index is -2.62. The van der Waals surface area contributed by atoms with Crippen molar-refractivity contribution in [2.45, 2.75) is 44.1 Å². The molecular weight excluding hydrogens is 359 g/mol. The second kappa shape index (κ2) is 7.03. The van der Waals surface area contributed by atoms with E-state index in [4.69, 9.17) is 16.1 Å². The monoisotopic (exact) mass is 373 g/mol. The highest BCUT2D eigenvalue weighted by molar-refractivity contribution is 6.31. The average molecular weight is 374 g/mol. The molecule has 0 bridgehead atoms. The van der Waals surface area contributed by atoms with Crippen LogP contribution >= 0.6 is 11.6 Å². The van der Waals surface area contributed by atoms with Gasteiger partial charge in [0.25, 0.3) is 5.91 Å². The summed E-state index contributed by atoms with van der Waals surface area (Å²) in [5.41, 5.74) is 0.195. The van der Waals surface area contributed by atoms with Crippen LogP contribution in [-0.2, 0) is 6.54 Å². The van der Waals surface area contributed by atoms with Gasteiger partial charge in [-0.15, -0.1) is 0 Å². The molecule has 0 aliphatic heterocycles. The Balaban J connectivity index is 1.56. The topological polar surface area (TPSA) is 68.0 Å². The molecule has 5 nitrogen and oxygen atoms in total. The van der Waals surface area contributed by atoms with E-state index in [-0.39, 0.29) is 41.8 Å². The third-order valence-corrected chi connectivity index (χ3v) is 4.44. The number of rotatable bonds is 4. The van der Waals surface area contributed by atoms with Crippen molar-refractivity contribution in [3.8, 4) is 0 Å². The zero-order valence-corrected chi connectivity index (χ0v) is 13.8. The van der Waals surface area contributed by atoms with E-state index in [0.29, 0.717) is 18.7 Å². The van der Waals surface area contributed by atoms with Crippen LogP contribution in [0.1, 0.15) is 53.7 Å². The number of nitrogens with one attached hydrogen (secondary N) is 1. The predicted octanol–water partition coefficient (Wildman–Crippen LogP) is 4.09. The Morgan fingerprint density at radius 1 is 1.36 bits per heavy atom. The molecule has 0 radical (unpaired) electrons. The molecule has 9 heteroatoms. The lowest BCUT2D eigenvalue weighted by molar-refractivity contribution is -0.0389. The normalized spacial score (nSPS) is 17.4. The van der Waals surface area contributed by atoms with E-state index in [1.54, 1.807) is 0 Å². The quantitative estimate of drug-likeness (QED) is 0.876. The van der Waals surface area contributed by atoms with Crippen LogP contribution in [0.3, 0.4) is 0 Å². The Morgan fingerprint density at radius 3 is 2.76 bits per heavy atom.